The Labute approximate surface area is 229 Å². The first kappa shape index (κ1) is 28.6. The van der Waals surface area contributed by atoms with Crippen molar-refractivity contribution in [1.82, 2.24) is 20.4 Å². The number of benzene rings is 1. The third-order valence-corrected chi connectivity index (χ3v) is 7.65. The second-order valence-corrected chi connectivity index (χ2v) is 11.7. The minimum Gasteiger partial charge on any atom is -0.444 e. The van der Waals surface area contributed by atoms with Crippen LogP contribution in [0.4, 0.5) is 4.79 Å². The summed E-state index contributed by atoms with van der Waals surface area (Å²) in [7, 11) is 0. The number of carbonyl (C=O) groups is 5. The zero-order chi connectivity index (χ0) is 28.2. The molecule has 1 aromatic carbocycles. The molecule has 1 aromatic rings. The molecular weight excluding hydrogens is 500 g/mol. The van der Waals surface area contributed by atoms with E-state index < -0.39 is 11.7 Å². The maximum atomic E-state index is 13.0. The zero-order valence-corrected chi connectivity index (χ0v) is 23.2. The van der Waals surface area contributed by atoms with Crippen molar-refractivity contribution < 1.29 is 28.7 Å². The number of imide groups is 1. The van der Waals surface area contributed by atoms with E-state index in [0.29, 0.717) is 36.3 Å². The van der Waals surface area contributed by atoms with E-state index in [4.69, 9.17) is 4.74 Å². The molecule has 10 nitrogen and oxygen atoms in total. The van der Waals surface area contributed by atoms with Crippen LogP contribution in [0.3, 0.4) is 0 Å². The van der Waals surface area contributed by atoms with E-state index in [1.54, 1.807) is 43.9 Å². The number of ether oxygens (including phenoxy) is 1. The van der Waals surface area contributed by atoms with Crippen LogP contribution < -0.4 is 10.6 Å². The summed E-state index contributed by atoms with van der Waals surface area (Å²) < 4.78 is 5.18. The lowest BCUT2D eigenvalue weighted by Crippen LogP contribution is -2.42. The number of piperidine rings is 1. The fourth-order valence-corrected chi connectivity index (χ4v) is 5.54. The molecule has 1 saturated heterocycles. The second kappa shape index (κ2) is 12.2. The molecule has 1 aliphatic carbocycles. The molecule has 2 heterocycles. The van der Waals surface area contributed by atoms with Crippen molar-refractivity contribution in [3.05, 3.63) is 34.9 Å². The number of nitrogens with one attached hydrogen (secondary N) is 2. The van der Waals surface area contributed by atoms with E-state index in [9.17, 15) is 24.0 Å². The third kappa shape index (κ3) is 7.16. The largest absolute Gasteiger partial charge is 0.444 e. The lowest BCUT2D eigenvalue weighted by atomic mass is 9.94. The minimum atomic E-state index is -0.585. The van der Waals surface area contributed by atoms with E-state index in [0.717, 1.165) is 44.9 Å². The first-order valence-corrected chi connectivity index (χ1v) is 14.1. The summed E-state index contributed by atoms with van der Waals surface area (Å²) in [5, 5.41) is 5.56. The molecule has 0 aromatic heterocycles. The van der Waals surface area contributed by atoms with Crippen molar-refractivity contribution in [2.24, 2.45) is 5.92 Å². The van der Waals surface area contributed by atoms with E-state index >= 15 is 0 Å². The van der Waals surface area contributed by atoms with Crippen molar-refractivity contribution in [3.63, 3.8) is 0 Å². The quantitative estimate of drug-likeness (QED) is 0.510. The summed E-state index contributed by atoms with van der Waals surface area (Å²) in [6, 6.07) is 4.69. The molecule has 1 saturated carbocycles. The van der Waals surface area contributed by atoms with Gasteiger partial charge in [0, 0.05) is 44.2 Å². The Morgan fingerprint density at radius 3 is 2.26 bits per heavy atom. The smallest absolute Gasteiger partial charge is 0.407 e. The topological polar surface area (TPSA) is 125 Å². The van der Waals surface area contributed by atoms with Crippen molar-refractivity contribution in [1.29, 1.82) is 0 Å². The molecule has 3 aliphatic rings. The van der Waals surface area contributed by atoms with Gasteiger partial charge in [-0.25, -0.2) is 4.79 Å². The van der Waals surface area contributed by atoms with E-state index in [2.05, 4.69) is 10.6 Å². The van der Waals surface area contributed by atoms with Crippen LogP contribution >= 0.6 is 0 Å². The Bertz CT molecular complexity index is 1110. The number of hydrogen-bond donors (Lipinski definition) is 2. The van der Waals surface area contributed by atoms with Gasteiger partial charge < -0.3 is 20.3 Å². The van der Waals surface area contributed by atoms with Gasteiger partial charge in [0.2, 0.25) is 5.91 Å². The molecule has 0 atom stereocenters. The summed E-state index contributed by atoms with van der Waals surface area (Å²) in [5.74, 6) is -0.614. The van der Waals surface area contributed by atoms with Gasteiger partial charge in [0.05, 0.1) is 11.1 Å². The molecular formula is C29H40N4O6. The first-order chi connectivity index (χ1) is 18.5. The number of carbonyl (C=O) groups excluding carboxylic acids is 5. The van der Waals surface area contributed by atoms with Crippen molar-refractivity contribution in [2.75, 3.05) is 26.2 Å². The molecule has 2 aliphatic heterocycles. The van der Waals surface area contributed by atoms with Crippen LogP contribution in [0.25, 0.3) is 0 Å². The molecule has 0 bridgehead atoms. The maximum absolute atomic E-state index is 13.0. The summed E-state index contributed by atoms with van der Waals surface area (Å²) in [5.41, 5.74) is 0.468. The third-order valence-electron chi connectivity index (χ3n) is 7.65. The fourth-order valence-electron chi connectivity index (χ4n) is 5.54. The molecule has 0 unspecified atom stereocenters. The zero-order valence-electron chi connectivity index (χ0n) is 23.2. The molecule has 212 valence electrons. The maximum Gasteiger partial charge on any atom is 0.407 e. The van der Waals surface area contributed by atoms with Gasteiger partial charge in [-0.05, 0) is 70.6 Å². The molecule has 5 amide bonds. The predicted molar refractivity (Wildman–Crippen MR) is 144 cm³/mol. The summed E-state index contributed by atoms with van der Waals surface area (Å²) in [6.07, 6.45) is 6.04. The first-order valence-electron chi connectivity index (χ1n) is 14.1. The highest BCUT2D eigenvalue weighted by molar-refractivity contribution is 6.22. The standard InChI is InChI=1S/C29H40N4O6/c1-29(2,3)39-28(38)30-14-11-24(34)32-15-12-19(13-16-32)18-31-25(35)20-9-10-22-23(17-20)27(37)33(26(22)36)21-7-5-4-6-8-21/h9-10,17,19,21H,4-8,11-16,18H2,1-3H3,(H,30,38)(H,31,35). The van der Waals surface area contributed by atoms with Gasteiger partial charge >= 0.3 is 6.09 Å². The average Bonchev–Trinajstić information content (AvgIpc) is 3.16. The molecule has 0 spiro atoms. The number of likely N-dealkylation sites (tertiary alicyclic amines) is 1. The number of nitrogens with zero attached hydrogens (tertiary/aromatic N) is 2. The van der Waals surface area contributed by atoms with Crippen LogP contribution in [-0.2, 0) is 9.53 Å². The molecule has 0 radical (unpaired) electrons. The van der Waals surface area contributed by atoms with E-state index in [1.807, 2.05) is 0 Å². The van der Waals surface area contributed by atoms with Crippen molar-refractivity contribution in [3.8, 4) is 0 Å². The van der Waals surface area contributed by atoms with Crippen LogP contribution in [0.1, 0.15) is 103 Å². The highest BCUT2D eigenvalue weighted by Crippen LogP contribution is 2.31. The van der Waals surface area contributed by atoms with E-state index in [-0.39, 0.29) is 48.6 Å². The molecule has 2 N–H and O–H groups in total. The van der Waals surface area contributed by atoms with Gasteiger partial charge in [-0.1, -0.05) is 19.3 Å². The van der Waals surface area contributed by atoms with Crippen LogP contribution in [0, 0.1) is 5.92 Å². The van der Waals surface area contributed by atoms with Crippen LogP contribution in [-0.4, -0.2) is 77.3 Å². The predicted octanol–water partition coefficient (Wildman–Crippen LogP) is 3.50. The van der Waals surface area contributed by atoms with Gasteiger partial charge in [0.1, 0.15) is 5.60 Å². The lowest BCUT2D eigenvalue weighted by molar-refractivity contribution is -0.132. The molecule has 10 heteroatoms. The number of alkyl carbamates (subject to hydrolysis) is 1. The lowest BCUT2D eigenvalue weighted by Gasteiger charge is -2.32. The highest BCUT2D eigenvalue weighted by Gasteiger charge is 2.40. The van der Waals surface area contributed by atoms with Crippen LogP contribution in [0.5, 0.6) is 0 Å². The van der Waals surface area contributed by atoms with Crippen LogP contribution in [0.15, 0.2) is 18.2 Å². The van der Waals surface area contributed by atoms with E-state index in [1.165, 1.54) is 4.90 Å². The van der Waals surface area contributed by atoms with Crippen LogP contribution in [0.2, 0.25) is 0 Å². The summed E-state index contributed by atoms with van der Waals surface area (Å²) >= 11 is 0. The second-order valence-electron chi connectivity index (χ2n) is 11.7. The summed E-state index contributed by atoms with van der Waals surface area (Å²) in [6.45, 7) is 7.23. The van der Waals surface area contributed by atoms with Gasteiger partial charge in [-0.15, -0.1) is 0 Å². The number of fused-ring (bicyclic) bond motifs is 1. The Kier molecular flexibility index (Phi) is 8.92. The summed E-state index contributed by atoms with van der Waals surface area (Å²) in [4.78, 5) is 66.2. The monoisotopic (exact) mass is 540 g/mol. The minimum absolute atomic E-state index is 0.0202. The Hall–Kier alpha value is -3.43. The Morgan fingerprint density at radius 1 is 0.923 bits per heavy atom. The number of rotatable bonds is 7. The van der Waals surface area contributed by atoms with Crippen molar-refractivity contribution in [2.45, 2.75) is 83.8 Å². The average molecular weight is 541 g/mol. The molecule has 2 fully saturated rings. The fraction of sp³-hybridized carbons (Fsp3) is 0.621. The van der Waals surface area contributed by atoms with Gasteiger partial charge in [0.15, 0.2) is 0 Å². The van der Waals surface area contributed by atoms with Gasteiger partial charge in [-0.3, -0.25) is 24.1 Å². The van der Waals surface area contributed by atoms with Gasteiger partial charge in [0.25, 0.3) is 17.7 Å². The molecule has 4 rings (SSSR count). The Balaban J connectivity index is 1.21. The molecule has 39 heavy (non-hydrogen) atoms. The highest BCUT2D eigenvalue weighted by atomic mass is 16.6. The Morgan fingerprint density at radius 2 is 1.59 bits per heavy atom. The number of amides is 5. The SMILES string of the molecule is CC(C)(C)OC(=O)NCCC(=O)N1CCC(CNC(=O)c2ccc3c(c2)C(=O)N(C2CCCCC2)C3=O)CC1. The van der Waals surface area contributed by atoms with Crippen molar-refractivity contribution >= 4 is 29.7 Å². The normalized spacial score (nSPS) is 18.6. The van der Waals surface area contributed by atoms with Gasteiger partial charge in [-0.2, -0.15) is 0 Å². The number of hydrogen-bond acceptors (Lipinski definition) is 6.